The molecule has 0 radical (unpaired) electrons. The summed E-state index contributed by atoms with van der Waals surface area (Å²) in [7, 11) is 0. The van der Waals surface area contributed by atoms with Crippen LogP contribution in [0.3, 0.4) is 0 Å². The van der Waals surface area contributed by atoms with Gasteiger partial charge in [-0.25, -0.2) is 0 Å². The van der Waals surface area contributed by atoms with Crippen molar-refractivity contribution in [2.45, 2.75) is 63.2 Å². The fourth-order valence-corrected chi connectivity index (χ4v) is 3.65. The van der Waals surface area contributed by atoms with Gasteiger partial charge in [-0.05, 0) is 55.2 Å². The molecule has 0 saturated heterocycles. The Balaban J connectivity index is 1.68. The Morgan fingerprint density at radius 2 is 1.80 bits per heavy atom. The quantitative estimate of drug-likeness (QED) is 0.434. The normalized spacial score (nSPS) is 16.2. The third kappa shape index (κ3) is 5.78. The summed E-state index contributed by atoms with van der Waals surface area (Å²) >= 11 is 1.96. The van der Waals surface area contributed by atoms with Crippen molar-refractivity contribution in [3.05, 3.63) is 24.3 Å². The average Bonchev–Trinajstić information content (AvgIpc) is 2.52. The van der Waals surface area contributed by atoms with Crippen LogP contribution in [0.5, 0.6) is 5.75 Å². The lowest BCUT2D eigenvalue weighted by Crippen LogP contribution is -2.15. The highest BCUT2D eigenvalue weighted by atomic mass is 32.2. The van der Waals surface area contributed by atoms with Gasteiger partial charge < -0.3 is 4.74 Å². The van der Waals surface area contributed by atoms with Gasteiger partial charge in [-0.3, -0.25) is 0 Å². The highest BCUT2D eigenvalue weighted by Crippen LogP contribution is 2.26. The molecule has 2 heteroatoms. The van der Waals surface area contributed by atoms with Crippen LogP contribution in [-0.4, -0.2) is 12.4 Å². The van der Waals surface area contributed by atoms with Crippen LogP contribution in [-0.2, 0) is 0 Å². The molecule has 2 rings (SSSR count). The Kier molecular flexibility index (Phi) is 7.35. The van der Waals surface area contributed by atoms with Gasteiger partial charge >= 0.3 is 0 Å². The number of benzene rings is 1. The van der Waals surface area contributed by atoms with Crippen molar-refractivity contribution in [2.24, 2.45) is 5.92 Å². The molecule has 1 fully saturated rings. The molecule has 0 heterocycles. The van der Waals surface area contributed by atoms with Gasteiger partial charge in [0.05, 0.1) is 6.61 Å². The van der Waals surface area contributed by atoms with Gasteiger partial charge in [0.1, 0.15) is 5.75 Å². The molecule has 0 unspecified atom stereocenters. The molecular formula is C18H28OS. The van der Waals surface area contributed by atoms with Crippen molar-refractivity contribution >= 4 is 11.8 Å². The monoisotopic (exact) mass is 292 g/mol. The molecule has 1 saturated carbocycles. The predicted molar refractivity (Wildman–Crippen MR) is 88.8 cm³/mol. The van der Waals surface area contributed by atoms with Gasteiger partial charge in [0.2, 0.25) is 0 Å². The second-order valence-electron chi connectivity index (χ2n) is 5.84. The topological polar surface area (TPSA) is 9.23 Å². The number of hydrogen-bond acceptors (Lipinski definition) is 2. The van der Waals surface area contributed by atoms with E-state index in [1.165, 1.54) is 62.0 Å². The second-order valence-corrected chi connectivity index (χ2v) is 7.01. The molecule has 0 aliphatic heterocycles. The van der Waals surface area contributed by atoms with Crippen molar-refractivity contribution in [1.29, 1.82) is 0 Å². The Morgan fingerprint density at radius 1 is 1.05 bits per heavy atom. The van der Waals surface area contributed by atoms with Crippen molar-refractivity contribution in [3.63, 3.8) is 0 Å². The maximum Gasteiger partial charge on any atom is 0.119 e. The predicted octanol–water partition coefficient (Wildman–Crippen LogP) is 5.93. The van der Waals surface area contributed by atoms with Gasteiger partial charge in [0, 0.05) is 4.90 Å². The first kappa shape index (κ1) is 15.8. The number of hydrogen-bond donors (Lipinski definition) is 0. The molecule has 0 N–H and O–H groups in total. The summed E-state index contributed by atoms with van der Waals surface area (Å²) in [6.07, 6.45) is 10.9. The summed E-state index contributed by atoms with van der Waals surface area (Å²) in [6.45, 7) is 3.16. The number of unbranched alkanes of at least 4 members (excludes halogenated alkanes) is 2. The molecule has 0 atom stereocenters. The molecule has 1 aliphatic rings. The Labute approximate surface area is 128 Å². The molecule has 0 spiro atoms. The minimum Gasteiger partial charge on any atom is -0.493 e. The fourth-order valence-electron chi connectivity index (χ4n) is 2.74. The lowest BCUT2D eigenvalue weighted by atomic mass is 9.90. The number of rotatable bonds is 8. The summed E-state index contributed by atoms with van der Waals surface area (Å²) in [6, 6.07) is 8.66. The summed E-state index contributed by atoms with van der Waals surface area (Å²) in [5.74, 6) is 3.05. The lowest BCUT2D eigenvalue weighted by Gasteiger charge is -2.21. The van der Waals surface area contributed by atoms with Crippen LogP contribution in [0, 0.1) is 5.92 Å². The molecule has 112 valence electrons. The van der Waals surface area contributed by atoms with E-state index in [2.05, 4.69) is 31.2 Å². The molecule has 0 amide bonds. The number of thioether (sulfide) groups is 1. The summed E-state index contributed by atoms with van der Waals surface area (Å²) in [4.78, 5) is 1.37. The molecule has 0 aromatic heterocycles. The lowest BCUT2D eigenvalue weighted by molar-refractivity contribution is 0.209. The van der Waals surface area contributed by atoms with E-state index in [0.29, 0.717) is 0 Å². The van der Waals surface area contributed by atoms with Crippen molar-refractivity contribution in [1.82, 2.24) is 0 Å². The van der Waals surface area contributed by atoms with Crippen LogP contribution in [0.25, 0.3) is 0 Å². The van der Waals surface area contributed by atoms with E-state index in [1.54, 1.807) is 0 Å². The van der Waals surface area contributed by atoms with Crippen molar-refractivity contribution in [3.8, 4) is 5.75 Å². The smallest absolute Gasteiger partial charge is 0.119 e. The van der Waals surface area contributed by atoms with E-state index in [-0.39, 0.29) is 0 Å². The largest absolute Gasteiger partial charge is 0.493 e. The second kappa shape index (κ2) is 9.33. The Hall–Kier alpha value is -0.630. The van der Waals surface area contributed by atoms with Crippen LogP contribution in [0.15, 0.2) is 29.2 Å². The SMILES string of the molecule is CCCCCSc1ccc(OCC2CCCCC2)cc1. The molecule has 1 aromatic rings. The van der Waals surface area contributed by atoms with Gasteiger partial charge in [-0.2, -0.15) is 0 Å². The summed E-state index contributed by atoms with van der Waals surface area (Å²) in [5, 5.41) is 0. The summed E-state index contributed by atoms with van der Waals surface area (Å²) < 4.78 is 5.93. The van der Waals surface area contributed by atoms with E-state index in [9.17, 15) is 0 Å². The minimum atomic E-state index is 0.784. The van der Waals surface area contributed by atoms with Gasteiger partial charge in [0.15, 0.2) is 0 Å². The van der Waals surface area contributed by atoms with E-state index >= 15 is 0 Å². The average molecular weight is 292 g/mol. The first-order valence-corrected chi connectivity index (χ1v) is 9.22. The van der Waals surface area contributed by atoms with Gasteiger partial charge in [-0.15, -0.1) is 11.8 Å². The zero-order chi connectivity index (χ0) is 14.0. The molecule has 0 bridgehead atoms. The van der Waals surface area contributed by atoms with E-state index in [0.717, 1.165) is 18.3 Å². The maximum atomic E-state index is 5.93. The van der Waals surface area contributed by atoms with Crippen LogP contribution in [0.2, 0.25) is 0 Å². The number of ether oxygens (including phenoxy) is 1. The maximum absolute atomic E-state index is 5.93. The van der Waals surface area contributed by atoms with Crippen molar-refractivity contribution < 1.29 is 4.74 Å². The standard InChI is InChI=1S/C18H28OS/c1-2-3-7-14-20-18-12-10-17(11-13-18)19-15-16-8-5-4-6-9-16/h10-13,16H,2-9,14-15H2,1H3. The third-order valence-corrected chi connectivity index (χ3v) is 5.15. The van der Waals surface area contributed by atoms with Crippen LogP contribution in [0.4, 0.5) is 0 Å². The van der Waals surface area contributed by atoms with Gasteiger partial charge in [0.25, 0.3) is 0 Å². The van der Waals surface area contributed by atoms with E-state index in [1.807, 2.05) is 11.8 Å². The van der Waals surface area contributed by atoms with Gasteiger partial charge in [-0.1, -0.05) is 39.0 Å². The zero-order valence-electron chi connectivity index (χ0n) is 12.8. The minimum absolute atomic E-state index is 0.784. The molecule has 1 nitrogen and oxygen atoms in total. The summed E-state index contributed by atoms with van der Waals surface area (Å²) in [5.41, 5.74) is 0. The van der Waals surface area contributed by atoms with E-state index in [4.69, 9.17) is 4.74 Å². The third-order valence-electron chi connectivity index (χ3n) is 4.05. The van der Waals surface area contributed by atoms with Crippen molar-refractivity contribution in [2.75, 3.05) is 12.4 Å². The van der Waals surface area contributed by atoms with Crippen LogP contribution in [0.1, 0.15) is 58.3 Å². The molecule has 1 aliphatic carbocycles. The first-order chi connectivity index (χ1) is 9.88. The Morgan fingerprint density at radius 3 is 2.50 bits per heavy atom. The highest BCUT2D eigenvalue weighted by molar-refractivity contribution is 7.99. The molecular weight excluding hydrogens is 264 g/mol. The van der Waals surface area contributed by atoms with Crippen LogP contribution >= 0.6 is 11.8 Å². The molecule has 20 heavy (non-hydrogen) atoms. The first-order valence-electron chi connectivity index (χ1n) is 8.24. The van der Waals surface area contributed by atoms with E-state index < -0.39 is 0 Å². The fraction of sp³-hybridized carbons (Fsp3) is 0.667. The Bertz CT molecular complexity index is 354. The highest BCUT2D eigenvalue weighted by Gasteiger charge is 2.13. The molecule has 1 aromatic carbocycles. The zero-order valence-corrected chi connectivity index (χ0v) is 13.6. The van der Waals surface area contributed by atoms with Crippen LogP contribution < -0.4 is 4.74 Å².